The number of hydrogen-bond donors (Lipinski definition) is 1. The summed E-state index contributed by atoms with van der Waals surface area (Å²) in [6.45, 7) is 2.63. The van der Waals surface area contributed by atoms with E-state index in [2.05, 4.69) is 32.3 Å². The van der Waals surface area contributed by atoms with Gasteiger partial charge in [-0.15, -0.1) is 0 Å². The summed E-state index contributed by atoms with van der Waals surface area (Å²) < 4.78 is 5.83. The normalized spacial score (nSPS) is 15.3. The molecule has 1 atom stereocenters. The lowest BCUT2D eigenvalue weighted by Crippen LogP contribution is -2.31. The molecule has 2 aromatic heterocycles. The van der Waals surface area contributed by atoms with Crippen LogP contribution in [0.2, 0.25) is 5.02 Å². The Morgan fingerprint density at radius 1 is 1.21 bits per heavy atom. The van der Waals surface area contributed by atoms with Crippen molar-refractivity contribution >= 4 is 17.5 Å². The number of aromatic nitrogens is 2. The molecule has 0 saturated carbocycles. The fourth-order valence-corrected chi connectivity index (χ4v) is 3.81. The predicted octanol–water partition coefficient (Wildman–Crippen LogP) is 4.51. The van der Waals surface area contributed by atoms with Gasteiger partial charge >= 0.3 is 0 Å². The quantitative estimate of drug-likeness (QED) is 0.663. The van der Waals surface area contributed by atoms with Gasteiger partial charge in [0.2, 0.25) is 17.5 Å². The molecule has 1 aromatic carbocycles. The van der Waals surface area contributed by atoms with Crippen LogP contribution in [-0.4, -0.2) is 34.5 Å². The van der Waals surface area contributed by atoms with Crippen LogP contribution < -0.4 is 5.32 Å². The molecule has 0 aliphatic carbocycles. The summed E-state index contributed by atoms with van der Waals surface area (Å²) in [7, 11) is 0. The Hall–Kier alpha value is -2.88. The molecule has 6 nitrogen and oxygen atoms in total. The van der Waals surface area contributed by atoms with E-state index >= 15 is 0 Å². The first-order valence-corrected chi connectivity index (χ1v) is 9.67. The van der Waals surface area contributed by atoms with Crippen molar-refractivity contribution in [3.63, 3.8) is 0 Å². The van der Waals surface area contributed by atoms with Gasteiger partial charge in [0.05, 0.1) is 11.6 Å². The molecule has 7 heteroatoms. The summed E-state index contributed by atoms with van der Waals surface area (Å²) in [5.74, 6) is 0.750. The molecule has 1 saturated heterocycles. The highest BCUT2D eigenvalue weighted by atomic mass is 35.5. The van der Waals surface area contributed by atoms with Crippen molar-refractivity contribution in [1.82, 2.24) is 14.9 Å². The molecular weight excluding hydrogens is 374 g/mol. The van der Waals surface area contributed by atoms with Crippen LogP contribution in [0.15, 0.2) is 53.2 Å². The molecule has 4 rings (SSSR count). The van der Waals surface area contributed by atoms with Crippen LogP contribution >= 0.6 is 11.6 Å². The average Bonchev–Trinajstić information content (AvgIpc) is 3.40. The first kappa shape index (κ1) is 18.5. The number of likely N-dealkylation sites (tertiary alicyclic amines) is 1. The second-order valence-corrected chi connectivity index (χ2v) is 7.12. The molecule has 0 amide bonds. The van der Waals surface area contributed by atoms with Crippen LogP contribution in [0.5, 0.6) is 0 Å². The van der Waals surface area contributed by atoms with Crippen molar-refractivity contribution < 1.29 is 4.42 Å². The summed E-state index contributed by atoms with van der Waals surface area (Å²) in [5, 5.41) is 13.5. The topological polar surface area (TPSA) is 78.0 Å². The van der Waals surface area contributed by atoms with Crippen molar-refractivity contribution in [2.24, 2.45) is 0 Å². The van der Waals surface area contributed by atoms with Crippen molar-refractivity contribution in [3.8, 4) is 17.5 Å². The standard InChI is InChI=1S/C21H20ClN5O/c22-17-8-2-1-7-16(17)19(27-10-3-4-11-27)14-25-21-18(12-23)26-20(28-21)15-6-5-9-24-13-15/h1-2,5-9,13,19,25H,3-4,10-11,14H2/t19-/m0/s1. The Balaban J connectivity index is 1.58. The third-order valence-electron chi connectivity index (χ3n) is 4.94. The third kappa shape index (κ3) is 3.86. The second-order valence-electron chi connectivity index (χ2n) is 6.71. The first-order valence-electron chi connectivity index (χ1n) is 9.30. The van der Waals surface area contributed by atoms with Crippen molar-refractivity contribution in [1.29, 1.82) is 5.26 Å². The highest BCUT2D eigenvalue weighted by Crippen LogP contribution is 2.31. The van der Waals surface area contributed by atoms with E-state index in [9.17, 15) is 5.26 Å². The predicted molar refractivity (Wildman–Crippen MR) is 108 cm³/mol. The van der Waals surface area contributed by atoms with Crippen LogP contribution in [0.3, 0.4) is 0 Å². The van der Waals surface area contributed by atoms with Crippen LogP contribution in [0.1, 0.15) is 30.1 Å². The number of nitrogens with one attached hydrogen (secondary N) is 1. The Kier molecular flexibility index (Phi) is 5.56. The van der Waals surface area contributed by atoms with Crippen LogP contribution in [0, 0.1) is 11.3 Å². The molecule has 1 N–H and O–H groups in total. The first-order chi connectivity index (χ1) is 13.8. The molecule has 142 valence electrons. The maximum Gasteiger partial charge on any atom is 0.232 e. The summed E-state index contributed by atoms with van der Waals surface area (Å²) in [5.41, 5.74) is 2.04. The number of hydrogen-bond acceptors (Lipinski definition) is 6. The molecule has 0 bridgehead atoms. The molecule has 28 heavy (non-hydrogen) atoms. The summed E-state index contributed by atoms with van der Waals surface area (Å²) in [4.78, 5) is 10.8. The Labute approximate surface area is 168 Å². The van der Waals surface area contributed by atoms with Gasteiger partial charge in [-0.2, -0.15) is 10.2 Å². The molecule has 0 unspecified atom stereocenters. The zero-order valence-electron chi connectivity index (χ0n) is 15.3. The molecule has 1 aliphatic heterocycles. The van der Waals surface area contributed by atoms with E-state index in [1.807, 2.05) is 24.3 Å². The van der Waals surface area contributed by atoms with Gasteiger partial charge in [-0.05, 0) is 49.7 Å². The van der Waals surface area contributed by atoms with E-state index in [1.165, 1.54) is 12.8 Å². The molecule has 1 aliphatic rings. The minimum atomic E-state index is 0.0923. The van der Waals surface area contributed by atoms with E-state index in [0.29, 0.717) is 18.3 Å². The van der Waals surface area contributed by atoms with E-state index in [4.69, 9.17) is 16.0 Å². The Morgan fingerprint density at radius 2 is 2.04 bits per heavy atom. The number of nitrogens with zero attached hydrogens (tertiary/aromatic N) is 4. The SMILES string of the molecule is N#Cc1nc(-c2cccnc2)oc1NC[C@@H](c1ccccc1Cl)N1CCCC1. The van der Waals surface area contributed by atoms with Gasteiger partial charge < -0.3 is 9.73 Å². The lowest BCUT2D eigenvalue weighted by molar-refractivity contribution is 0.255. The zero-order valence-corrected chi connectivity index (χ0v) is 16.1. The molecule has 3 aromatic rings. The number of oxazole rings is 1. The van der Waals surface area contributed by atoms with Crippen molar-refractivity contribution in [3.05, 3.63) is 65.1 Å². The smallest absolute Gasteiger partial charge is 0.232 e. The van der Waals surface area contributed by atoms with Crippen molar-refractivity contribution in [2.45, 2.75) is 18.9 Å². The van der Waals surface area contributed by atoms with Gasteiger partial charge in [0, 0.05) is 24.0 Å². The number of benzene rings is 1. The van der Waals surface area contributed by atoms with Gasteiger partial charge in [0.1, 0.15) is 6.07 Å². The number of pyridine rings is 1. The number of nitriles is 1. The fraction of sp³-hybridized carbons (Fsp3) is 0.286. The maximum absolute atomic E-state index is 9.46. The van der Waals surface area contributed by atoms with Crippen LogP contribution in [-0.2, 0) is 0 Å². The zero-order chi connectivity index (χ0) is 19.3. The minimum Gasteiger partial charge on any atom is -0.419 e. The summed E-state index contributed by atoms with van der Waals surface area (Å²) >= 11 is 6.47. The third-order valence-corrected chi connectivity index (χ3v) is 5.29. The summed E-state index contributed by atoms with van der Waals surface area (Å²) in [6, 6.07) is 13.8. The highest BCUT2D eigenvalue weighted by molar-refractivity contribution is 6.31. The van der Waals surface area contributed by atoms with Crippen LogP contribution in [0.25, 0.3) is 11.5 Å². The van der Waals surface area contributed by atoms with Gasteiger partial charge in [-0.1, -0.05) is 29.8 Å². The Bertz CT molecular complexity index is 976. The molecule has 1 fully saturated rings. The molecule has 0 spiro atoms. The van der Waals surface area contributed by atoms with Gasteiger partial charge in [0.15, 0.2) is 0 Å². The average molecular weight is 394 g/mol. The summed E-state index contributed by atoms with van der Waals surface area (Å²) in [6.07, 6.45) is 5.70. The van der Waals surface area contributed by atoms with Gasteiger partial charge in [-0.25, -0.2) is 0 Å². The minimum absolute atomic E-state index is 0.0923. The molecule has 3 heterocycles. The van der Waals surface area contributed by atoms with E-state index in [-0.39, 0.29) is 11.7 Å². The molecule has 0 radical (unpaired) electrons. The largest absolute Gasteiger partial charge is 0.419 e. The number of anilines is 1. The number of rotatable bonds is 6. The lowest BCUT2D eigenvalue weighted by Gasteiger charge is -2.28. The number of halogens is 1. The second kappa shape index (κ2) is 8.42. The molecular formula is C21H20ClN5O. The van der Waals surface area contributed by atoms with Gasteiger partial charge in [-0.3, -0.25) is 9.88 Å². The lowest BCUT2D eigenvalue weighted by atomic mass is 10.1. The van der Waals surface area contributed by atoms with E-state index < -0.39 is 0 Å². The van der Waals surface area contributed by atoms with E-state index in [1.54, 1.807) is 18.5 Å². The fourth-order valence-electron chi connectivity index (χ4n) is 3.55. The Morgan fingerprint density at radius 3 is 2.75 bits per heavy atom. The maximum atomic E-state index is 9.46. The highest BCUT2D eigenvalue weighted by Gasteiger charge is 2.26. The van der Waals surface area contributed by atoms with E-state index in [0.717, 1.165) is 29.2 Å². The monoisotopic (exact) mass is 393 g/mol. The van der Waals surface area contributed by atoms with Crippen molar-refractivity contribution in [2.75, 3.05) is 25.0 Å². The van der Waals surface area contributed by atoms with Crippen LogP contribution in [0.4, 0.5) is 5.88 Å². The van der Waals surface area contributed by atoms with Gasteiger partial charge in [0.25, 0.3) is 0 Å².